The SMILES string of the molecule is C=C(CCl)[SiH2]CC(C)CCl. The molecule has 0 rings (SSSR count). The van der Waals surface area contributed by atoms with E-state index in [0.717, 1.165) is 5.88 Å². The smallest absolute Gasteiger partial charge is 0.0506 e. The van der Waals surface area contributed by atoms with E-state index >= 15 is 0 Å². The highest BCUT2D eigenvalue weighted by molar-refractivity contribution is 6.48. The Balaban J connectivity index is 3.26. The van der Waals surface area contributed by atoms with Crippen molar-refractivity contribution in [2.75, 3.05) is 11.8 Å². The molecule has 0 heterocycles. The first kappa shape index (κ1) is 10.5. The normalized spacial score (nSPS) is 14.3. The van der Waals surface area contributed by atoms with Crippen molar-refractivity contribution in [1.82, 2.24) is 0 Å². The van der Waals surface area contributed by atoms with Crippen molar-refractivity contribution in [1.29, 1.82) is 0 Å². The molecular formula is C7H14Cl2Si. The van der Waals surface area contributed by atoms with Crippen molar-refractivity contribution in [2.24, 2.45) is 5.92 Å². The average Bonchev–Trinajstić information content (AvgIpc) is 1.99. The maximum Gasteiger partial charge on any atom is 0.0506 e. The minimum atomic E-state index is -0.134. The van der Waals surface area contributed by atoms with E-state index in [0.29, 0.717) is 11.8 Å². The molecule has 0 radical (unpaired) electrons. The quantitative estimate of drug-likeness (QED) is 0.468. The van der Waals surface area contributed by atoms with E-state index in [1.165, 1.54) is 11.2 Å². The Morgan fingerprint density at radius 3 is 2.60 bits per heavy atom. The molecule has 0 aliphatic carbocycles. The van der Waals surface area contributed by atoms with Crippen LogP contribution in [-0.4, -0.2) is 21.3 Å². The van der Waals surface area contributed by atoms with Crippen molar-refractivity contribution >= 4 is 32.7 Å². The second-order valence-electron chi connectivity index (χ2n) is 2.68. The van der Waals surface area contributed by atoms with E-state index < -0.39 is 0 Å². The van der Waals surface area contributed by atoms with E-state index in [1.807, 2.05) is 0 Å². The molecule has 0 aromatic carbocycles. The van der Waals surface area contributed by atoms with Gasteiger partial charge in [-0.25, -0.2) is 0 Å². The summed E-state index contributed by atoms with van der Waals surface area (Å²) in [4.78, 5) is 0. The minimum Gasteiger partial charge on any atom is -0.126 e. The Kier molecular flexibility index (Phi) is 6.60. The topological polar surface area (TPSA) is 0 Å². The molecule has 0 fully saturated rings. The summed E-state index contributed by atoms with van der Waals surface area (Å²) >= 11 is 11.2. The maximum absolute atomic E-state index is 5.64. The molecule has 0 nitrogen and oxygen atoms in total. The van der Waals surface area contributed by atoms with Crippen LogP contribution in [0.25, 0.3) is 0 Å². The Labute approximate surface area is 75.4 Å². The van der Waals surface area contributed by atoms with Gasteiger partial charge in [-0.3, -0.25) is 0 Å². The van der Waals surface area contributed by atoms with Crippen LogP contribution in [0, 0.1) is 5.92 Å². The van der Waals surface area contributed by atoms with E-state index in [1.54, 1.807) is 0 Å². The molecule has 0 amide bonds. The van der Waals surface area contributed by atoms with Crippen molar-refractivity contribution in [3.63, 3.8) is 0 Å². The van der Waals surface area contributed by atoms with Gasteiger partial charge in [0.1, 0.15) is 0 Å². The third-order valence-corrected chi connectivity index (χ3v) is 4.90. The molecular weight excluding hydrogens is 183 g/mol. The van der Waals surface area contributed by atoms with Crippen LogP contribution in [0.2, 0.25) is 6.04 Å². The van der Waals surface area contributed by atoms with Gasteiger partial charge >= 0.3 is 0 Å². The summed E-state index contributed by atoms with van der Waals surface area (Å²) in [7, 11) is -0.134. The zero-order chi connectivity index (χ0) is 7.98. The molecule has 1 unspecified atom stereocenters. The Morgan fingerprint density at radius 2 is 2.20 bits per heavy atom. The summed E-state index contributed by atoms with van der Waals surface area (Å²) < 4.78 is 0. The van der Waals surface area contributed by atoms with Gasteiger partial charge in [-0.05, 0) is 5.92 Å². The Bertz CT molecular complexity index is 104. The van der Waals surface area contributed by atoms with Gasteiger partial charge in [-0.15, -0.1) is 29.8 Å². The average molecular weight is 197 g/mol. The third-order valence-electron chi connectivity index (χ3n) is 1.44. The van der Waals surface area contributed by atoms with Gasteiger partial charge in [-0.2, -0.15) is 0 Å². The molecule has 0 N–H and O–H groups in total. The number of halogens is 2. The first-order chi connectivity index (χ1) is 4.70. The maximum atomic E-state index is 5.64. The lowest BCUT2D eigenvalue weighted by molar-refractivity contribution is 0.740. The number of allylic oxidation sites excluding steroid dienone is 1. The summed E-state index contributed by atoms with van der Waals surface area (Å²) in [5.74, 6) is 2.05. The summed E-state index contributed by atoms with van der Waals surface area (Å²) in [5.41, 5.74) is 0. The van der Waals surface area contributed by atoms with E-state index in [4.69, 9.17) is 23.2 Å². The zero-order valence-electron chi connectivity index (χ0n) is 6.37. The molecule has 10 heavy (non-hydrogen) atoms. The van der Waals surface area contributed by atoms with Crippen molar-refractivity contribution in [2.45, 2.75) is 13.0 Å². The van der Waals surface area contributed by atoms with Gasteiger partial charge in [0.2, 0.25) is 0 Å². The fraction of sp³-hybridized carbons (Fsp3) is 0.714. The molecule has 0 aliphatic heterocycles. The van der Waals surface area contributed by atoms with Gasteiger partial charge < -0.3 is 0 Å². The fourth-order valence-corrected chi connectivity index (χ4v) is 2.65. The summed E-state index contributed by atoms with van der Waals surface area (Å²) in [6.07, 6.45) is 0. The number of alkyl halides is 2. The standard InChI is InChI=1S/C7H14Cl2Si/c1-6(3-8)5-10-7(2)4-9/h6H,2-5,10H2,1H3. The minimum absolute atomic E-state index is 0.134. The molecule has 0 spiro atoms. The Morgan fingerprint density at radius 1 is 1.60 bits per heavy atom. The van der Waals surface area contributed by atoms with E-state index in [-0.39, 0.29) is 9.52 Å². The molecule has 1 atom stereocenters. The van der Waals surface area contributed by atoms with Crippen LogP contribution in [0.4, 0.5) is 0 Å². The fourth-order valence-electron chi connectivity index (χ4n) is 0.594. The van der Waals surface area contributed by atoms with Gasteiger partial charge in [0.15, 0.2) is 0 Å². The predicted molar refractivity (Wildman–Crippen MR) is 53.1 cm³/mol. The zero-order valence-corrected chi connectivity index (χ0v) is 9.29. The second-order valence-corrected chi connectivity index (χ2v) is 5.33. The monoisotopic (exact) mass is 196 g/mol. The van der Waals surface area contributed by atoms with Gasteiger partial charge in [-0.1, -0.05) is 18.2 Å². The van der Waals surface area contributed by atoms with Crippen LogP contribution in [0.3, 0.4) is 0 Å². The number of hydrogen-bond donors (Lipinski definition) is 0. The van der Waals surface area contributed by atoms with Crippen LogP contribution >= 0.6 is 23.2 Å². The lowest BCUT2D eigenvalue weighted by Gasteiger charge is -2.05. The van der Waals surface area contributed by atoms with E-state index in [9.17, 15) is 0 Å². The summed E-state index contributed by atoms with van der Waals surface area (Å²) in [5, 5.41) is 1.25. The molecule has 0 saturated carbocycles. The van der Waals surface area contributed by atoms with Crippen molar-refractivity contribution in [3.05, 3.63) is 11.8 Å². The van der Waals surface area contributed by atoms with E-state index in [2.05, 4.69) is 13.5 Å². The Hall–Kier alpha value is 0.537. The summed E-state index contributed by atoms with van der Waals surface area (Å²) in [6, 6.07) is 1.25. The third kappa shape index (κ3) is 5.33. The molecule has 0 aliphatic rings. The lowest BCUT2D eigenvalue weighted by Crippen LogP contribution is -2.04. The first-order valence-corrected chi connectivity index (χ1v) is 6.27. The molecule has 60 valence electrons. The van der Waals surface area contributed by atoms with Gasteiger partial charge in [0.05, 0.1) is 9.52 Å². The summed E-state index contributed by atoms with van der Waals surface area (Å²) in [6.45, 7) is 6.03. The van der Waals surface area contributed by atoms with Crippen LogP contribution in [0.15, 0.2) is 11.8 Å². The highest BCUT2D eigenvalue weighted by atomic mass is 35.5. The number of rotatable bonds is 5. The lowest BCUT2D eigenvalue weighted by atomic mass is 10.3. The van der Waals surface area contributed by atoms with Crippen molar-refractivity contribution < 1.29 is 0 Å². The van der Waals surface area contributed by atoms with Crippen LogP contribution in [-0.2, 0) is 0 Å². The molecule has 0 aromatic heterocycles. The molecule has 0 aromatic rings. The first-order valence-electron chi connectivity index (χ1n) is 3.49. The predicted octanol–water partition coefficient (Wildman–Crippen LogP) is 2.20. The van der Waals surface area contributed by atoms with Crippen LogP contribution in [0.5, 0.6) is 0 Å². The van der Waals surface area contributed by atoms with Gasteiger partial charge in [0, 0.05) is 11.8 Å². The van der Waals surface area contributed by atoms with Crippen LogP contribution in [0.1, 0.15) is 6.92 Å². The van der Waals surface area contributed by atoms with Crippen molar-refractivity contribution in [3.8, 4) is 0 Å². The second kappa shape index (κ2) is 6.26. The molecule has 0 saturated heterocycles. The largest absolute Gasteiger partial charge is 0.126 e. The van der Waals surface area contributed by atoms with Gasteiger partial charge in [0.25, 0.3) is 0 Å². The molecule has 3 heteroatoms. The highest BCUT2D eigenvalue weighted by Crippen LogP contribution is 2.06. The highest BCUT2D eigenvalue weighted by Gasteiger charge is 2.00. The number of hydrogen-bond acceptors (Lipinski definition) is 0. The van der Waals surface area contributed by atoms with Crippen LogP contribution < -0.4 is 0 Å². The molecule has 0 bridgehead atoms.